The molecule has 1 aliphatic carbocycles. The summed E-state index contributed by atoms with van der Waals surface area (Å²) in [5, 5.41) is 3.57. The molecule has 1 aromatic carbocycles. The van der Waals surface area contributed by atoms with Gasteiger partial charge in [-0.25, -0.2) is 0 Å². The molecule has 0 spiro atoms. The van der Waals surface area contributed by atoms with Gasteiger partial charge in [0, 0.05) is 19.6 Å². The molecule has 2 atom stereocenters. The molecule has 82 valence electrons. The zero-order valence-corrected chi connectivity index (χ0v) is 9.66. The van der Waals surface area contributed by atoms with Gasteiger partial charge in [0.2, 0.25) is 0 Å². The zero-order chi connectivity index (χ0) is 10.8. The summed E-state index contributed by atoms with van der Waals surface area (Å²) in [6.07, 6.45) is 1.31. The molecule has 0 bridgehead atoms. The van der Waals surface area contributed by atoms with E-state index in [0.717, 1.165) is 6.42 Å². The zero-order valence-electron chi connectivity index (χ0n) is 9.66. The molecule has 0 fully saturated rings. The van der Waals surface area contributed by atoms with Crippen molar-refractivity contribution in [1.82, 2.24) is 5.32 Å². The van der Waals surface area contributed by atoms with Crippen molar-refractivity contribution in [2.45, 2.75) is 38.5 Å². The number of ether oxygens (including phenoxy) is 1. The molecule has 1 aliphatic rings. The predicted octanol–water partition coefficient (Wildman–Crippen LogP) is 2.30. The summed E-state index contributed by atoms with van der Waals surface area (Å²) >= 11 is 0. The van der Waals surface area contributed by atoms with E-state index in [0.29, 0.717) is 12.1 Å². The minimum absolute atomic E-state index is 0.282. The Bertz CT molecular complexity index is 335. The largest absolute Gasteiger partial charge is 0.379 e. The van der Waals surface area contributed by atoms with Crippen LogP contribution < -0.4 is 5.32 Å². The molecule has 0 radical (unpaired) electrons. The molecule has 0 saturated heterocycles. The van der Waals surface area contributed by atoms with Crippen molar-refractivity contribution in [1.29, 1.82) is 0 Å². The quantitative estimate of drug-likeness (QED) is 0.817. The van der Waals surface area contributed by atoms with E-state index in [1.165, 1.54) is 11.1 Å². The summed E-state index contributed by atoms with van der Waals surface area (Å²) in [6, 6.07) is 9.44. The van der Waals surface area contributed by atoms with Gasteiger partial charge in [-0.05, 0) is 11.1 Å². The van der Waals surface area contributed by atoms with Crippen molar-refractivity contribution in [3.05, 3.63) is 35.4 Å². The number of hydrogen-bond acceptors (Lipinski definition) is 2. The first-order valence-electron chi connectivity index (χ1n) is 5.59. The van der Waals surface area contributed by atoms with E-state index in [9.17, 15) is 0 Å². The Morgan fingerprint density at radius 2 is 2.07 bits per heavy atom. The van der Waals surface area contributed by atoms with E-state index in [2.05, 4.69) is 43.4 Å². The van der Waals surface area contributed by atoms with Gasteiger partial charge in [0.15, 0.2) is 0 Å². The first-order chi connectivity index (χ1) is 7.22. The highest BCUT2D eigenvalue weighted by Gasteiger charge is 2.32. The van der Waals surface area contributed by atoms with Crippen LogP contribution >= 0.6 is 0 Å². The normalized spacial score (nSPS) is 24.5. The van der Waals surface area contributed by atoms with Crippen LogP contribution in [0.3, 0.4) is 0 Å². The highest BCUT2D eigenvalue weighted by Crippen LogP contribution is 2.33. The maximum absolute atomic E-state index is 5.54. The van der Waals surface area contributed by atoms with Crippen LogP contribution in [0.1, 0.15) is 31.0 Å². The Morgan fingerprint density at radius 3 is 2.73 bits per heavy atom. The van der Waals surface area contributed by atoms with Crippen molar-refractivity contribution in [2.24, 2.45) is 0 Å². The van der Waals surface area contributed by atoms with Crippen LogP contribution in [-0.4, -0.2) is 19.3 Å². The third-order valence-corrected chi connectivity index (χ3v) is 3.00. The number of nitrogens with one attached hydrogen (secondary N) is 1. The molecule has 0 amide bonds. The lowest BCUT2D eigenvalue weighted by Crippen LogP contribution is -2.34. The standard InChI is InChI=1S/C13H19NO/c1-9(2)14-13-11-7-5-4-6-10(11)8-12(13)15-3/h4-7,9,12-14H,8H2,1-3H3/t12?,13-/m1/s1. The Morgan fingerprint density at radius 1 is 1.33 bits per heavy atom. The van der Waals surface area contributed by atoms with Gasteiger partial charge in [-0.1, -0.05) is 38.1 Å². The van der Waals surface area contributed by atoms with Gasteiger partial charge in [0.1, 0.15) is 0 Å². The van der Waals surface area contributed by atoms with Crippen molar-refractivity contribution in [2.75, 3.05) is 7.11 Å². The fourth-order valence-electron chi connectivity index (χ4n) is 2.33. The maximum Gasteiger partial charge on any atom is 0.0806 e. The maximum atomic E-state index is 5.54. The summed E-state index contributed by atoms with van der Waals surface area (Å²) in [5.74, 6) is 0. The number of rotatable bonds is 3. The van der Waals surface area contributed by atoms with Gasteiger partial charge in [0.05, 0.1) is 12.1 Å². The molecule has 0 aliphatic heterocycles. The van der Waals surface area contributed by atoms with E-state index in [1.54, 1.807) is 7.11 Å². The summed E-state index contributed by atoms with van der Waals surface area (Å²) < 4.78 is 5.54. The lowest BCUT2D eigenvalue weighted by molar-refractivity contribution is 0.0762. The van der Waals surface area contributed by atoms with Gasteiger partial charge in [0.25, 0.3) is 0 Å². The number of hydrogen-bond donors (Lipinski definition) is 1. The SMILES string of the molecule is COC1Cc2ccccc2[C@H]1NC(C)C. The second kappa shape index (κ2) is 4.33. The Hall–Kier alpha value is -0.860. The highest BCUT2D eigenvalue weighted by molar-refractivity contribution is 5.36. The van der Waals surface area contributed by atoms with Crippen LogP contribution in [0.2, 0.25) is 0 Å². The molecule has 0 aromatic heterocycles. The number of fused-ring (bicyclic) bond motifs is 1. The third-order valence-electron chi connectivity index (χ3n) is 3.00. The fourth-order valence-corrected chi connectivity index (χ4v) is 2.33. The topological polar surface area (TPSA) is 21.3 Å². The number of benzene rings is 1. The molecule has 2 rings (SSSR count). The lowest BCUT2D eigenvalue weighted by atomic mass is 10.1. The summed E-state index contributed by atoms with van der Waals surface area (Å²) in [4.78, 5) is 0. The summed E-state index contributed by atoms with van der Waals surface area (Å²) in [6.45, 7) is 4.35. The second-order valence-corrected chi connectivity index (χ2v) is 4.48. The number of methoxy groups -OCH3 is 1. The molecule has 2 heteroatoms. The lowest BCUT2D eigenvalue weighted by Gasteiger charge is -2.23. The first kappa shape index (κ1) is 10.7. The van der Waals surface area contributed by atoms with E-state index < -0.39 is 0 Å². The van der Waals surface area contributed by atoms with Crippen LogP contribution in [0.25, 0.3) is 0 Å². The molecule has 1 N–H and O–H groups in total. The molecule has 0 heterocycles. The highest BCUT2D eigenvalue weighted by atomic mass is 16.5. The molecule has 1 unspecified atom stereocenters. The van der Waals surface area contributed by atoms with Gasteiger partial charge in [-0.2, -0.15) is 0 Å². The van der Waals surface area contributed by atoms with Crippen LogP contribution in [0.5, 0.6) is 0 Å². The summed E-state index contributed by atoms with van der Waals surface area (Å²) in [7, 11) is 1.80. The predicted molar refractivity (Wildman–Crippen MR) is 62.0 cm³/mol. The Kier molecular flexibility index (Phi) is 3.08. The van der Waals surface area contributed by atoms with Crippen molar-refractivity contribution >= 4 is 0 Å². The Labute approximate surface area is 91.6 Å². The minimum Gasteiger partial charge on any atom is -0.379 e. The molecule has 0 saturated carbocycles. The average molecular weight is 205 g/mol. The van der Waals surface area contributed by atoms with Crippen molar-refractivity contribution in [3.63, 3.8) is 0 Å². The van der Waals surface area contributed by atoms with E-state index in [-0.39, 0.29) is 6.10 Å². The van der Waals surface area contributed by atoms with Crippen LogP contribution in [-0.2, 0) is 11.2 Å². The third kappa shape index (κ3) is 2.06. The van der Waals surface area contributed by atoms with Crippen LogP contribution in [0, 0.1) is 0 Å². The fraction of sp³-hybridized carbons (Fsp3) is 0.538. The van der Waals surface area contributed by atoms with Gasteiger partial charge < -0.3 is 10.1 Å². The van der Waals surface area contributed by atoms with E-state index >= 15 is 0 Å². The molecule has 1 aromatic rings. The molecule has 2 nitrogen and oxygen atoms in total. The summed E-state index contributed by atoms with van der Waals surface area (Å²) in [5.41, 5.74) is 2.82. The Balaban J connectivity index is 2.25. The first-order valence-corrected chi connectivity index (χ1v) is 5.59. The van der Waals surface area contributed by atoms with Gasteiger partial charge in [-0.3, -0.25) is 0 Å². The van der Waals surface area contributed by atoms with E-state index in [1.807, 2.05) is 0 Å². The monoisotopic (exact) mass is 205 g/mol. The van der Waals surface area contributed by atoms with Crippen molar-refractivity contribution < 1.29 is 4.74 Å². The molecular weight excluding hydrogens is 186 g/mol. The van der Waals surface area contributed by atoms with Gasteiger partial charge in [-0.15, -0.1) is 0 Å². The van der Waals surface area contributed by atoms with Gasteiger partial charge >= 0.3 is 0 Å². The molecule has 15 heavy (non-hydrogen) atoms. The smallest absolute Gasteiger partial charge is 0.0806 e. The van der Waals surface area contributed by atoms with Crippen LogP contribution in [0.4, 0.5) is 0 Å². The second-order valence-electron chi connectivity index (χ2n) is 4.48. The van der Waals surface area contributed by atoms with Crippen molar-refractivity contribution in [3.8, 4) is 0 Å². The average Bonchev–Trinajstić information content (AvgIpc) is 2.56. The minimum atomic E-state index is 0.282. The van der Waals surface area contributed by atoms with Crippen LogP contribution in [0.15, 0.2) is 24.3 Å². The van der Waals surface area contributed by atoms with E-state index in [4.69, 9.17) is 4.74 Å². The molecular formula is C13H19NO.